The number of rotatable bonds is 3. The molecule has 0 unspecified atom stereocenters. The molecule has 2 aromatic carbocycles. The molecule has 0 radical (unpaired) electrons. The van der Waals surface area contributed by atoms with E-state index in [2.05, 4.69) is 15.0 Å². The van der Waals surface area contributed by atoms with Gasteiger partial charge in [0.25, 0.3) is 0 Å². The number of H-pyrrole nitrogens is 2. The number of benzene rings is 2. The van der Waals surface area contributed by atoms with Crippen molar-refractivity contribution in [2.75, 3.05) is 0 Å². The highest BCUT2D eigenvalue weighted by Crippen LogP contribution is 2.39. The lowest BCUT2D eigenvalue weighted by Crippen LogP contribution is -2.05. The van der Waals surface area contributed by atoms with Crippen LogP contribution in [0.3, 0.4) is 0 Å². The van der Waals surface area contributed by atoms with Gasteiger partial charge < -0.3 is 14.7 Å². The van der Waals surface area contributed by atoms with E-state index in [1.165, 1.54) is 30.5 Å². The van der Waals surface area contributed by atoms with Crippen LogP contribution in [0.5, 0.6) is 11.5 Å². The van der Waals surface area contributed by atoms with Crippen LogP contribution in [0.25, 0.3) is 22.4 Å². The maximum absolute atomic E-state index is 13.4. The summed E-state index contributed by atoms with van der Waals surface area (Å²) in [7, 11) is 0. The number of halogens is 4. The summed E-state index contributed by atoms with van der Waals surface area (Å²) in [5, 5.41) is 0. The van der Waals surface area contributed by atoms with E-state index in [1.807, 2.05) is 0 Å². The first-order valence-electron chi connectivity index (χ1n) is 8.45. The lowest BCUT2D eigenvalue weighted by atomic mass is 10.1. The van der Waals surface area contributed by atoms with Crippen molar-refractivity contribution in [1.29, 1.82) is 0 Å². The van der Waals surface area contributed by atoms with Crippen LogP contribution in [-0.2, 0) is 6.18 Å². The summed E-state index contributed by atoms with van der Waals surface area (Å²) in [6.07, 6.45) is -3.18. The molecule has 0 spiro atoms. The fourth-order valence-electron chi connectivity index (χ4n) is 2.88. The van der Waals surface area contributed by atoms with E-state index in [4.69, 9.17) is 4.74 Å². The molecule has 29 heavy (non-hydrogen) atoms. The SMILES string of the molecule is Cc1cc(F)ccc1Oc1cc(C(F)(F)F)ccc1-c1nc2c[nH]c(=O)cc2[nH]1. The number of pyridine rings is 1. The summed E-state index contributed by atoms with van der Waals surface area (Å²) in [5.41, 5.74) is 0.283. The van der Waals surface area contributed by atoms with Crippen molar-refractivity contribution in [3.8, 4) is 22.9 Å². The number of nitrogens with one attached hydrogen (secondary N) is 2. The molecule has 0 fully saturated rings. The molecule has 2 N–H and O–H groups in total. The molecule has 4 rings (SSSR count). The number of alkyl halides is 3. The number of imidazole rings is 1. The minimum absolute atomic E-state index is 0.111. The van der Waals surface area contributed by atoms with Crippen molar-refractivity contribution >= 4 is 11.0 Å². The number of nitrogens with zero attached hydrogens (tertiary/aromatic N) is 1. The van der Waals surface area contributed by atoms with Gasteiger partial charge in [-0.2, -0.15) is 13.2 Å². The lowest BCUT2D eigenvalue weighted by molar-refractivity contribution is -0.137. The smallest absolute Gasteiger partial charge is 0.416 e. The van der Waals surface area contributed by atoms with Crippen molar-refractivity contribution < 1.29 is 22.3 Å². The molecule has 2 heterocycles. The second-order valence-corrected chi connectivity index (χ2v) is 6.40. The number of aryl methyl sites for hydroxylation is 1. The maximum Gasteiger partial charge on any atom is 0.416 e. The van der Waals surface area contributed by atoms with Gasteiger partial charge in [-0.15, -0.1) is 0 Å². The molecule has 0 atom stereocenters. The highest BCUT2D eigenvalue weighted by Gasteiger charge is 2.32. The molecule has 0 aliphatic rings. The van der Waals surface area contributed by atoms with Gasteiger partial charge in [-0.1, -0.05) is 0 Å². The number of hydrogen-bond acceptors (Lipinski definition) is 3. The third-order valence-corrected chi connectivity index (χ3v) is 4.31. The molecule has 2 aromatic heterocycles. The minimum Gasteiger partial charge on any atom is -0.456 e. The molecule has 148 valence electrons. The Balaban J connectivity index is 1.86. The predicted octanol–water partition coefficient (Wildman–Crippen LogP) is 5.18. The van der Waals surface area contributed by atoms with Gasteiger partial charge in [0.1, 0.15) is 28.7 Å². The van der Waals surface area contributed by atoms with Crippen molar-refractivity contribution in [2.45, 2.75) is 13.1 Å². The fraction of sp³-hybridized carbons (Fsp3) is 0.100. The molecule has 0 saturated carbocycles. The zero-order chi connectivity index (χ0) is 20.8. The molecule has 0 bridgehead atoms. The predicted molar refractivity (Wildman–Crippen MR) is 98.4 cm³/mol. The molecule has 0 aliphatic heterocycles. The van der Waals surface area contributed by atoms with Crippen LogP contribution < -0.4 is 10.3 Å². The average Bonchev–Trinajstić information content (AvgIpc) is 3.06. The van der Waals surface area contributed by atoms with Gasteiger partial charge in [-0.05, 0) is 48.9 Å². The van der Waals surface area contributed by atoms with Crippen LogP contribution in [-0.4, -0.2) is 15.0 Å². The van der Waals surface area contributed by atoms with E-state index in [1.54, 1.807) is 6.92 Å². The third-order valence-electron chi connectivity index (χ3n) is 4.31. The Bertz CT molecular complexity index is 1270. The van der Waals surface area contributed by atoms with Crippen molar-refractivity contribution in [2.24, 2.45) is 0 Å². The quantitative estimate of drug-likeness (QED) is 0.463. The second-order valence-electron chi connectivity index (χ2n) is 6.40. The molecule has 4 aromatic rings. The standard InChI is InChI=1S/C20H13F4N3O2/c1-10-6-12(21)3-5-16(10)29-17-7-11(20(22,23)24)2-4-13(17)19-26-14-8-18(28)25-9-15(14)27-19/h2-9H,1H3,(H,25,28)(H,26,27). The van der Waals surface area contributed by atoms with Gasteiger partial charge in [-0.3, -0.25) is 4.79 Å². The van der Waals surface area contributed by atoms with E-state index in [9.17, 15) is 22.4 Å². The van der Waals surface area contributed by atoms with Gasteiger partial charge in [0, 0.05) is 12.3 Å². The van der Waals surface area contributed by atoms with Gasteiger partial charge in [-0.25, -0.2) is 9.37 Å². The summed E-state index contributed by atoms with van der Waals surface area (Å²) in [5.74, 6) is -0.165. The van der Waals surface area contributed by atoms with Gasteiger partial charge >= 0.3 is 6.18 Å². The minimum atomic E-state index is -4.57. The normalized spacial score (nSPS) is 11.8. The van der Waals surface area contributed by atoms with Gasteiger partial charge in [0.05, 0.1) is 16.6 Å². The molecule has 5 nitrogen and oxygen atoms in total. The summed E-state index contributed by atoms with van der Waals surface area (Å²) in [6.45, 7) is 1.58. The fourth-order valence-corrected chi connectivity index (χ4v) is 2.88. The zero-order valence-corrected chi connectivity index (χ0v) is 14.9. The number of aromatic amines is 2. The van der Waals surface area contributed by atoms with Crippen molar-refractivity contribution in [3.63, 3.8) is 0 Å². The first-order chi connectivity index (χ1) is 13.7. The van der Waals surface area contributed by atoms with E-state index in [-0.39, 0.29) is 28.4 Å². The van der Waals surface area contributed by atoms with Crippen LogP contribution in [0.4, 0.5) is 17.6 Å². The first-order valence-corrected chi connectivity index (χ1v) is 8.45. The van der Waals surface area contributed by atoms with E-state index < -0.39 is 17.6 Å². The zero-order valence-electron chi connectivity index (χ0n) is 14.9. The third kappa shape index (κ3) is 3.71. The Kier molecular flexibility index (Phi) is 4.37. The molecule has 0 saturated heterocycles. The van der Waals surface area contributed by atoms with Gasteiger partial charge in [0.2, 0.25) is 5.56 Å². The Morgan fingerprint density at radius 3 is 2.55 bits per heavy atom. The first kappa shape index (κ1) is 18.7. The molecule has 0 amide bonds. The number of hydrogen-bond donors (Lipinski definition) is 2. The number of aromatic nitrogens is 3. The Labute approximate surface area is 161 Å². The van der Waals surface area contributed by atoms with Crippen LogP contribution in [0, 0.1) is 12.7 Å². The van der Waals surface area contributed by atoms with E-state index in [0.29, 0.717) is 16.6 Å². The highest BCUT2D eigenvalue weighted by molar-refractivity contribution is 5.80. The second kappa shape index (κ2) is 6.77. The molecule has 0 aliphatic carbocycles. The van der Waals surface area contributed by atoms with Crippen molar-refractivity contribution in [1.82, 2.24) is 15.0 Å². The lowest BCUT2D eigenvalue weighted by Gasteiger charge is -2.15. The maximum atomic E-state index is 13.4. The summed E-state index contributed by atoms with van der Waals surface area (Å²) >= 11 is 0. The number of ether oxygens (including phenoxy) is 1. The van der Waals surface area contributed by atoms with E-state index in [0.717, 1.165) is 18.2 Å². The van der Waals surface area contributed by atoms with Gasteiger partial charge in [0.15, 0.2) is 0 Å². The molecular weight excluding hydrogens is 390 g/mol. The van der Waals surface area contributed by atoms with Crippen LogP contribution in [0.2, 0.25) is 0 Å². The monoisotopic (exact) mass is 403 g/mol. The molecule has 9 heteroatoms. The summed E-state index contributed by atoms with van der Waals surface area (Å²) in [4.78, 5) is 21.2. The van der Waals surface area contributed by atoms with Crippen LogP contribution in [0.1, 0.15) is 11.1 Å². The summed E-state index contributed by atoms with van der Waals surface area (Å²) < 4.78 is 58.7. The summed E-state index contributed by atoms with van der Waals surface area (Å²) in [6, 6.07) is 8.01. The van der Waals surface area contributed by atoms with E-state index >= 15 is 0 Å². The Hall–Kier alpha value is -3.62. The van der Waals surface area contributed by atoms with Crippen molar-refractivity contribution in [3.05, 3.63) is 76.0 Å². The highest BCUT2D eigenvalue weighted by atomic mass is 19.4. The Morgan fingerprint density at radius 2 is 1.83 bits per heavy atom. The average molecular weight is 403 g/mol. The largest absolute Gasteiger partial charge is 0.456 e. The topological polar surface area (TPSA) is 70.8 Å². The van der Waals surface area contributed by atoms with Crippen LogP contribution in [0.15, 0.2) is 53.5 Å². The number of fused-ring (bicyclic) bond motifs is 1. The van der Waals surface area contributed by atoms with Crippen LogP contribution >= 0.6 is 0 Å². The molecular formula is C20H13F4N3O2. The Morgan fingerprint density at radius 1 is 1.03 bits per heavy atom.